The molecule has 146 valence electrons. The second-order valence-electron chi connectivity index (χ2n) is 7.03. The lowest BCUT2D eigenvalue weighted by Gasteiger charge is -2.33. The Morgan fingerprint density at radius 2 is 1.93 bits per heavy atom. The lowest BCUT2D eigenvalue weighted by Crippen LogP contribution is -2.48. The number of hydrogen-bond acceptors (Lipinski definition) is 5. The number of nitrogens with one attached hydrogen (secondary N) is 1. The third-order valence-electron chi connectivity index (χ3n) is 4.91. The van der Waals surface area contributed by atoms with E-state index >= 15 is 0 Å². The molecule has 0 atom stereocenters. The molecule has 2 aromatic heterocycles. The molecule has 1 N–H and O–H groups in total. The molecule has 8 heteroatoms. The summed E-state index contributed by atoms with van der Waals surface area (Å²) < 4.78 is 1.69. The molecule has 3 rings (SSSR count). The van der Waals surface area contributed by atoms with E-state index in [2.05, 4.69) is 22.1 Å². The Hall–Kier alpha value is -2.45. The van der Waals surface area contributed by atoms with Crippen molar-refractivity contribution in [2.75, 3.05) is 59.9 Å². The zero-order valence-electron chi connectivity index (χ0n) is 16.3. The summed E-state index contributed by atoms with van der Waals surface area (Å²) in [5, 5.41) is 2.87. The summed E-state index contributed by atoms with van der Waals surface area (Å²) in [7, 11) is 3.90. The quantitative estimate of drug-likeness (QED) is 0.795. The first-order valence-corrected chi connectivity index (χ1v) is 9.43. The average Bonchev–Trinajstić information content (AvgIpc) is 3.07. The third kappa shape index (κ3) is 4.28. The molecule has 1 aliphatic heterocycles. The zero-order valence-corrected chi connectivity index (χ0v) is 16.3. The Morgan fingerprint density at radius 3 is 2.59 bits per heavy atom. The molecule has 1 aliphatic rings. The van der Waals surface area contributed by atoms with Crippen LogP contribution in [0.4, 0.5) is 0 Å². The van der Waals surface area contributed by atoms with Crippen LogP contribution in [0, 0.1) is 0 Å². The number of piperazine rings is 1. The standard InChI is InChI=1S/C19H28N6O2/c1-4-23-11-13-24(14-12-23)19(27)16-15-7-5-6-9-25(15)17(21-16)18(26)20-8-10-22(2)3/h5-7,9H,4,8,10-14H2,1-3H3,(H,20,26). The SMILES string of the molecule is CCN1CCN(C(=O)c2nc(C(=O)NCCN(C)C)n3ccccc23)CC1. The lowest BCUT2D eigenvalue weighted by molar-refractivity contribution is 0.0640. The summed E-state index contributed by atoms with van der Waals surface area (Å²) in [5.41, 5.74) is 1.01. The lowest BCUT2D eigenvalue weighted by atomic mass is 10.2. The highest BCUT2D eigenvalue weighted by Gasteiger charge is 2.27. The van der Waals surface area contributed by atoms with Crippen LogP contribution in [0.2, 0.25) is 0 Å². The molecule has 1 fully saturated rings. The Morgan fingerprint density at radius 1 is 1.19 bits per heavy atom. The minimum absolute atomic E-state index is 0.109. The minimum atomic E-state index is -0.270. The van der Waals surface area contributed by atoms with Gasteiger partial charge in [0.2, 0.25) is 5.82 Å². The van der Waals surface area contributed by atoms with Gasteiger partial charge in [-0.2, -0.15) is 0 Å². The minimum Gasteiger partial charge on any atom is -0.348 e. The maximum atomic E-state index is 13.0. The number of amides is 2. The number of likely N-dealkylation sites (N-methyl/N-ethyl adjacent to an activating group) is 2. The largest absolute Gasteiger partial charge is 0.348 e. The van der Waals surface area contributed by atoms with E-state index in [4.69, 9.17) is 0 Å². The highest BCUT2D eigenvalue weighted by Crippen LogP contribution is 2.16. The third-order valence-corrected chi connectivity index (χ3v) is 4.91. The number of fused-ring (bicyclic) bond motifs is 1. The number of imidazole rings is 1. The van der Waals surface area contributed by atoms with Gasteiger partial charge in [0.25, 0.3) is 11.8 Å². The monoisotopic (exact) mass is 372 g/mol. The van der Waals surface area contributed by atoms with Crippen molar-refractivity contribution in [2.45, 2.75) is 6.92 Å². The smallest absolute Gasteiger partial charge is 0.287 e. The maximum Gasteiger partial charge on any atom is 0.287 e. The van der Waals surface area contributed by atoms with Gasteiger partial charge in [0.05, 0.1) is 5.52 Å². The highest BCUT2D eigenvalue weighted by atomic mass is 16.2. The van der Waals surface area contributed by atoms with Gasteiger partial charge in [-0.25, -0.2) is 4.98 Å². The molecule has 0 unspecified atom stereocenters. The van der Waals surface area contributed by atoms with Gasteiger partial charge in [0.1, 0.15) is 0 Å². The van der Waals surface area contributed by atoms with E-state index in [1.54, 1.807) is 10.6 Å². The normalized spacial score (nSPS) is 15.5. The first kappa shape index (κ1) is 19.3. The molecule has 0 spiro atoms. The molecule has 0 aromatic carbocycles. The Kier molecular flexibility index (Phi) is 6.08. The van der Waals surface area contributed by atoms with Crippen LogP contribution >= 0.6 is 0 Å². The molecular formula is C19H28N6O2. The summed E-state index contributed by atoms with van der Waals surface area (Å²) >= 11 is 0. The van der Waals surface area contributed by atoms with Crippen molar-refractivity contribution in [2.24, 2.45) is 0 Å². The number of carbonyl (C=O) groups excluding carboxylic acids is 2. The van der Waals surface area contributed by atoms with Crippen LogP contribution in [0.5, 0.6) is 0 Å². The summed E-state index contributed by atoms with van der Waals surface area (Å²) in [6, 6.07) is 5.52. The van der Waals surface area contributed by atoms with E-state index in [0.717, 1.165) is 26.2 Å². The predicted octanol–water partition coefficient (Wildman–Crippen LogP) is 0.403. The molecule has 1 saturated heterocycles. The van der Waals surface area contributed by atoms with Crippen molar-refractivity contribution in [3.05, 3.63) is 35.9 Å². The highest BCUT2D eigenvalue weighted by molar-refractivity contribution is 6.02. The molecule has 0 aliphatic carbocycles. The maximum absolute atomic E-state index is 13.0. The van der Waals surface area contributed by atoms with Crippen molar-refractivity contribution < 1.29 is 9.59 Å². The van der Waals surface area contributed by atoms with Crippen molar-refractivity contribution >= 4 is 17.3 Å². The number of aromatic nitrogens is 2. The fraction of sp³-hybridized carbons (Fsp3) is 0.526. The van der Waals surface area contributed by atoms with Crippen LogP contribution in [0.25, 0.3) is 5.52 Å². The van der Waals surface area contributed by atoms with Crippen LogP contribution in [0.3, 0.4) is 0 Å². The van der Waals surface area contributed by atoms with E-state index < -0.39 is 0 Å². The number of pyridine rings is 1. The van der Waals surface area contributed by atoms with Gasteiger partial charge < -0.3 is 20.0 Å². The molecular weight excluding hydrogens is 344 g/mol. The van der Waals surface area contributed by atoms with Crippen molar-refractivity contribution in [3.63, 3.8) is 0 Å². The van der Waals surface area contributed by atoms with Gasteiger partial charge in [-0.1, -0.05) is 13.0 Å². The van der Waals surface area contributed by atoms with Crippen LogP contribution in [-0.2, 0) is 0 Å². The summed E-state index contributed by atoms with van der Waals surface area (Å²) in [4.78, 5) is 36.2. The fourth-order valence-electron chi connectivity index (χ4n) is 3.24. The average molecular weight is 372 g/mol. The molecule has 2 amide bonds. The Labute approximate surface area is 159 Å². The van der Waals surface area contributed by atoms with Gasteiger partial charge in [-0.05, 0) is 32.8 Å². The second kappa shape index (κ2) is 8.49. The first-order valence-electron chi connectivity index (χ1n) is 9.43. The summed E-state index contributed by atoms with van der Waals surface area (Å²) in [6.45, 7) is 7.48. The van der Waals surface area contributed by atoms with Crippen LogP contribution in [0.1, 0.15) is 28.0 Å². The van der Waals surface area contributed by atoms with Crippen LogP contribution in [-0.4, -0.2) is 95.8 Å². The van der Waals surface area contributed by atoms with Gasteiger partial charge in [-0.15, -0.1) is 0 Å². The molecule has 27 heavy (non-hydrogen) atoms. The number of nitrogens with zero attached hydrogens (tertiary/aromatic N) is 5. The molecule has 0 radical (unpaired) electrons. The van der Waals surface area contributed by atoms with E-state index in [1.807, 2.05) is 42.1 Å². The van der Waals surface area contributed by atoms with Crippen LogP contribution in [0.15, 0.2) is 24.4 Å². The molecule has 8 nitrogen and oxygen atoms in total. The fourth-order valence-corrected chi connectivity index (χ4v) is 3.24. The second-order valence-corrected chi connectivity index (χ2v) is 7.03. The number of carbonyl (C=O) groups is 2. The van der Waals surface area contributed by atoms with Crippen molar-refractivity contribution in [3.8, 4) is 0 Å². The summed E-state index contributed by atoms with van der Waals surface area (Å²) in [5.74, 6) is -0.130. The van der Waals surface area contributed by atoms with E-state index in [1.165, 1.54) is 0 Å². The molecule has 3 heterocycles. The number of rotatable bonds is 6. The topological polar surface area (TPSA) is 73.2 Å². The Bertz CT molecular complexity index is 808. The molecule has 2 aromatic rings. The zero-order chi connectivity index (χ0) is 19.4. The van der Waals surface area contributed by atoms with Crippen molar-refractivity contribution in [1.29, 1.82) is 0 Å². The van der Waals surface area contributed by atoms with E-state index in [-0.39, 0.29) is 17.6 Å². The van der Waals surface area contributed by atoms with Crippen LogP contribution < -0.4 is 5.32 Å². The van der Waals surface area contributed by atoms with E-state index in [0.29, 0.717) is 30.8 Å². The Balaban J connectivity index is 1.82. The number of hydrogen-bond donors (Lipinski definition) is 1. The summed E-state index contributed by atoms with van der Waals surface area (Å²) in [6.07, 6.45) is 1.77. The predicted molar refractivity (Wildman–Crippen MR) is 104 cm³/mol. The van der Waals surface area contributed by atoms with Gasteiger partial charge >= 0.3 is 0 Å². The van der Waals surface area contributed by atoms with Gasteiger partial charge in [0.15, 0.2) is 5.69 Å². The first-order chi connectivity index (χ1) is 13.0. The van der Waals surface area contributed by atoms with E-state index in [9.17, 15) is 9.59 Å². The molecule has 0 bridgehead atoms. The van der Waals surface area contributed by atoms with Gasteiger partial charge in [-0.3, -0.25) is 14.0 Å². The van der Waals surface area contributed by atoms with Crippen molar-refractivity contribution in [1.82, 2.24) is 29.4 Å². The molecule has 0 saturated carbocycles. The van der Waals surface area contributed by atoms with Gasteiger partial charge in [0, 0.05) is 45.5 Å².